The number of aryl methyl sites for hydroxylation is 1. The van der Waals surface area contributed by atoms with Crippen molar-refractivity contribution >= 4 is 41.0 Å². The number of nitrogens with zero attached hydrogens (tertiary/aromatic N) is 2. The van der Waals surface area contributed by atoms with Gasteiger partial charge in [0.15, 0.2) is 0 Å². The summed E-state index contributed by atoms with van der Waals surface area (Å²) in [5.41, 5.74) is 3.40. The maximum absolute atomic E-state index is 12.7. The Morgan fingerprint density at radius 1 is 0.971 bits per heavy atom. The van der Waals surface area contributed by atoms with Gasteiger partial charge < -0.3 is 15.7 Å². The predicted octanol–water partition coefficient (Wildman–Crippen LogP) is 2.95. The quantitative estimate of drug-likeness (QED) is 0.191. The number of hydrogen-bond donors (Lipinski definition) is 4. The first-order valence-electron chi connectivity index (χ1n) is 9.83. The van der Waals surface area contributed by atoms with Gasteiger partial charge in [-0.1, -0.05) is 24.3 Å². The molecule has 3 aromatic carbocycles. The largest absolute Gasteiger partial charge is 0.507 e. The van der Waals surface area contributed by atoms with Crippen LogP contribution in [0.5, 0.6) is 5.75 Å². The molecule has 0 fully saturated rings. The average molecular weight is 461 g/mol. The van der Waals surface area contributed by atoms with Crippen LogP contribution >= 0.6 is 0 Å². The molecule has 0 saturated heterocycles. The maximum atomic E-state index is 12.7. The van der Waals surface area contributed by atoms with Crippen LogP contribution in [-0.2, 0) is 9.59 Å². The molecule has 0 unspecified atom stereocenters. The number of benzene rings is 3. The first-order valence-corrected chi connectivity index (χ1v) is 9.83. The lowest BCUT2D eigenvalue weighted by Gasteiger charge is -2.11. The molecule has 34 heavy (non-hydrogen) atoms. The fraction of sp³-hybridized carbons (Fsp3) is 0.0435. The number of para-hydroxylation sites is 1. The van der Waals surface area contributed by atoms with E-state index in [9.17, 15) is 29.6 Å². The number of non-ortho nitro benzene ring substituents is 1. The molecule has 0 aromatic heterocycles. The smallest absolute Gasteiger partial charge is 0.329 e. The predicted molar refractivity (Wildman–Crippen MR) is 125 cm³/mol. The van der Waals surface area contributed by atoms with E-state index in [1.165, 1.54) is 12.1 Å². The number of hydrazone groups is 1. The average Bonchev–Trinajstić information content (AvgIpc) is 2.80. The third-order valence-corrected chi connectivity index (χ3v) is 4.49. The van der Waals surface area contributed by atoms with Crippen LogP contribution in [0.4, 0.5) is 17.1 Å². The van der Waals surface area contributed by atoms with Crippen molar-refractivity contribution in [3.05, 3.63) is 93.5 Å². The van der Waals surface area contributed by atoms with Gasteiger partial charge in [-0.15, -0.1) is 0 Å². The minimum Gasteiger partial charge on any atom is -0.507 e. The Labute approximate surface area is 193 Å². The second-order valence-electron chi connectivity index (χ2n) is 7.02. The first kappa shape index (κ1) is 23.6. The lowest BCUT2D eigenvalue weighted by molar-refractivity contribution is -0.384. The Kier molecular flexibility index (Phi) is 7.29. The van der Waals surface area contributed by atoms with Crippen molar-refractivity contribution < 1.29 is 24.4 Å². The van der Waals surface area contributed by atoms with Crippen LogP contribution in [0, 0.1) is 17.0 Å². The number of carbonyl (C=O) groups is 3. The standard InChI is InChI=1S/C23H19N5O6/c1-14-5-4-6-16(11-14)25-21(30)18-7-2-3-8-19(18)26-22(31)23(32)27-24-13-15-12-17(28(33)34)9-10-20(15)29/h2-13,29H,1H3,(H,25,30)(H,26,31)(H,27,32). The lowest BCUT2D eigenvalue weighted by Crippen LogP contribution is -2.33. The summed E-state index contributed by atoms with van der Waals surface area (Å²) in [6, 6.07) is 16.6. The molecule has 0 bridgehead atoms. The number of nitro benzene ring substituents is 1. The van der Waals surface area contributed by atoms with E-state index in [1.54, 1.807) is 30.3 Å². The third kappa shape index (κ3) is 6.01. The van der Waals surface area contributed by atoms with E-state index >= 15 is 0 Å². The van der Waals surface area contributed by atoms with Crippen LogP contribution in [-0.4, -0.2) is 34.0 Å². The normalized spacial score (nSPS) is 10.5. The molecule has 0 aliphatic rings. The summed E-state index contributed by atoms with van der Waals surface area (Å²) >= 11 is 0. The van der Waals surface area contributed by atoms with Gasteiger partial charge in [0.2, 0.25) is 0 Å². The number of carbonyl (C=O) groups excluding carboxylic acids is 3. The fourth-order valence-corrected chi connectivity index (χ4v) is 2.86. The van der Waals surface area contributed by atoms with Gasteiger partial charge in [-0.2, -0.15) is 5.10 Å². The zero-order valence-corrected chi connectivity index (χ0v) is 17.8. The van der Waals surface area contributed by atoms with E-state index in [1.807, 2.05) is 18.4 Å². The van der Waals surface area contributed by atoms with Crippen molar-refractivity contribution in [1.29, 1.82) is 0 Å². The summed E-state index contributed by atoms with van der Waals surface area (Å²) in [5.74, 6) is -3.05. The topological polar surface area (TPSA) is 163 Å². The summed E-state index contributed by atoms with van der Waals surface area (Å²) in [6.45, 7) is 1.88. The van der Waals surface area contributed by atoms with Crippen molar-refractivity contribution in [2.75, 3.05) is 10.6 Å². The van der Waals surface area contributed by atoms with Gasteiger partial charge in [0.05, 0.1) is 22.4 Å². The number of aromatic hydroxyl groups is 1. The van der Waals surface area contributed by atoms with Crippen LogP contribution in [0.25, 0.3) is 0 Å². The Morgan fingerprint density at radius 2 is 1.74 bits per heavy atom. The summed E-state index contributed by atoms with van der Waals surface area (Å²) < 4.78 is 0. The van der Waals surface area contributed by atoms with Crippen LogP contribution in [0.3, 0.4) is 0 Å². The number of phenolic OH excluding ortho intramolecular Hbond substituents is 1. The molecule has 3 rings (SSSR count). The van der Waals surface area contributed by atoms with Gasteiger partial charge in [-0.3, -0.25) is 24.5 Å². The zero-order valence-electron chi connectivity index (χ0n) is 17.8. The molecule has 0 spiro atoms. The number of anilines is 2. The highest BCUT2D eigenvalue weighted by Crippen LogP contribution is 2.21. The van der Waals surface area contributed by atoms with Gasteiger partial charge in [0.25, 0.3) is 11.6 Å². The number of nitro groups is 1. The molecule has 172 valence electrons. The van der Waals surface area contributed by atoms with Crippen molar-refractivity contribution in [3.8, 4) is 5.75 Å². The molecular weight excluding hydrogens is 442 g/mol. The van der Waals surface area contributed by atoms with E-state index in [0.717, 1.165) is 30.0 Å². The van der Waals surface area contributed by atoms with E-state index < -0.39 is 22.6 Å². The third-order valence-electron chi connectivity index (χ3n) is 4.49. The van der Waals surface area contributed by atoms with E-state index in [4.69, 9.17) is 0 Å². The molecule has 0 heterocycles. The molecule has 0 radical (unpaired) electrons. The Hall–Kier alpha value is -5.06. The minimum atomic E-state index is -1.16. The SMILES string of the molecule is Cc1cccc(NC(=O)c2ccccc2NC(=O)C(=O)NN=Cc2cc([N+](=O)[O-])ccc2O)c1. The molecule has 0 aliphatic heterocycles. The summed E-state index contributed by atoms with van der Waals surface area (Å²) in [7, 11) is 0. The highest BCUT2D eigenvalue weighted by atomic mass is 16.6. The second-order valence-corrected chi connectivity index (χ2v) is 7.02. The number of phenols is 1. The molecule has 0 saturated carbocycles. The maximum Gasteiger partial charge on any atom is 0.329 e. The van der Waals surface area contributed by atoms with Gasteiger partial charge in [0.1, 0.15) is 5.75 Å². The highest BCUT2D eigenvalue weighted by molar-refractivity contribution is 6.40. The highest BCUT2D eigenvalue weighted by Gasteiger charge is 2.18. The molecule has 0 atom stereocenters. The Balaban J connectivity index is 1.66. The Morgan fingerprint density at radius 3 is 2.47 bits per heavy atom. The molecule has 3 amide bonds. The molecule has 4 N–H and O–H groups in total. The summed E-state index contributed by atoms with van der Waals surface area (Å²) in [6.07, 6.45) is 0.955. The molecule has 11 heteroatoms. The second kappa shape index (κ2) is 10.5. The monoisotopic (exact) mass is 461 g/mol. The fourth-order valence-electron chi connectivity index (χ4n) is 2.86. The van der Waals surface area contributed by atoms with Gasteiger partial charge in [0, 0.05) is 23.4 Å². The lowest BCUT2D eigenvalue weighted by atomic mass is 10.1. The van der Waals surface area contributed by atoms with E-state index in [-0.39, 0.29) is 28.3 Å². The Bertz CT molecular complexity index is 1300. The van der Waals surface area contributed by atoms with Gasteiger partial charge in [-0.25, -0.2) is 5.43 Å². The van der Waals surface area contributed by atoms with Crippen LogP contribution in [0.15, 0.2) is 71.8 Å². The van der Waals surface area contributed by atoms with E-state index in [2.05, 4.69) is 15.7 Å². The van der Waals surface area contributed by atoms with Crippen molar-refractivity contribution in [3.63, 3.8) is 0 Å². The van der Waals surface area contributed by atoms with Crippen molar-refractivity contribution in [1.82, 2.24) is 5.43 Å². The minimum absolute atomic E-state index is 0.0342. The molecule has 11 nitrogen and oxygen atoms in total. The number of hydrogen-bond acceptors (Lipinski definition) is 7. The number of rotatable bonds is 6. The van der Waals surface area contributed by atoms with E-state index in [0.29, 0.717) is 5.69 Å². The summed E-state index contributed by atoms with van der Waals surface area (Å²) in [4.78, 5) is 47.2. The van der Waals surface area contributed by atoms with Gasteiger partial charge >= 0.3 is 11.8 Å². The molecule has 3 aromatic rings. The number of amides is 3. The first-order chi connectivity index (χ1) is 16.2. The zero-order chi connectivity index (χ0) is 24.7. The van der Waals surface area contributed by atoms with Gasteiger partial charge in [-0.05, 0) is 42.8 Å². The summed E-state index contributed by atoms with van der Waals surface area (Å²) in [5, 5.41) is 29.2. The molecular formula is C23H19N5O6. The van der Waals surface area contributed by atoms with Crippen molar-refractivity contribution in [2.24, 2.45) is 5.10 Å². The van der Waals surface area contributed by atoms with Crippen LogP contribution < -0.4 is 16.1 Å². The van der Waals surface area contributed by atoms with Crippen molar-refractivity contribution in [2.45, 2.75) is 6.92 Å². The molecule has 0 aliphatic carbocycles. The van der Waals surface area contributed by atoms with Crippen LogP contribution in [0.1, 0.15) is 21.5 Å². The number of nitrogens with one attached hydrogen (secondary N) is 3. The van der Waals surface area contributed by atoms with Crippen LogP contribution in [0.2, 0.25) is 0 Å².